The van der Waals surface area contributed by atoms with Crippen LogP contribution in [0.3, 0.4) is 0 Å². The highest BCUT2D eigenvalue weighted by Gasteiger charge is 2.18. The van der Waals surface area contributed by atoms with E-state index in [0.717, 1.165) is 61.7 Å². The Morgan fingerprint density at radius 1 is 0.574 bits per heavy atom. The molecule has 0 aliphatic rings. The Morgan fingerprint density at radius 3 is 2.04 bits per heavy atom. The molecule has 0 unspecified atom stereocenters. The molecule has 0 fully saturated rings. The molecule has 0 saturated carbocycles. The van der Waals surface area contributed by atoms with Crippen molar-refractivity contribution < 1.29 is 4.74 Å². The molecule has 0 N–H and O–H groups in total. The highest BCUT2D eigenvalue weighted by molar-refractivity contribution is 6.09. The second-order valence-corrected chi connectivity index (χ2v) is 12.9. The van der Waals surface area contributed by atoms with Crippen LogP contribution in [-0.4, -0.2) is 19.3 Å². The van der Waals surface area contributed by atoms with Gasteiger partial charge in [-0.2, -0.15) is 5.10 Å². The fraction of sp³-hybridized carbons (Fsp3) is 0.0952. The van der Waals surface area contributed by atoms with Gasteiger partial charge in [0.05, 0.1) is 22.9 Å². The average molecular weight is 611 g/mol. The zero-order valence-electron chi connectivity index (χ0n) is 26.6. The molecule has 5 heteroatoms. The average Bonchev–Trinajstić information content (AvgIpc) is 3.72. The summed E-state index contributed by atoms with van der Waals surface area (Å²) in [5.74, 6) is 2.37. The lowest BCUT2D eigenvalue weighted by Gasteiger charge is -2.20. The van der Waals surface area contributed by atoms with Crippen molar-refractivity contribution in [1.29, 1.82) is 0 Å². The summed E-state index contributed by atoms with van der Waals surface area (Å²) in [7, 11) is 0. The minimum Gasteiger partial charge on any atom is -0.457 e. The monoisotopic (exact) mass is 610 g/mol. The number of hydrogen-bond acceptors (Lipinski definition) is 3. The van der Waals surface area contributed by atoms with Crippen LogP contribution in [0, 0.1) is 0 Å². The van der Waals surface area contributed by atoms with Gasteiger partial charge >= 0.3 is 0 Å². The Balaban J connectivity index is 1.24. The van der Waals surface area contributed by atoms with E-state index in [9.17, 15) is 0 Å². The lowest BCUT2D eigenvalue weighted by atomic mass is 9.88. The third-order valence-electron chi connectivity index (χ3n) is 8.67. The number of aromatic nitrogens is 4. The van der Waals surface area contributed by atoms with E-state index >= 15 is 0 Å². The molecule has 0 saturated heterocycles. The van der Waals surface area contributed by atoms with E-state index in [-0.39, 0.29) is 5.41 Å². The minimum atomic E-state index is 0.00261. The summed E-state index contributed by atoms with van der Waals surface area (Å²) in [6.07, 6.45) is 5.87. The van der Waals surface area contributed by atoms with Crippen molar-refractivity contribution in [3.05, 3.63) is 158 Å². The van der Waals surface area contributed by atoms with Gasteiger partial charge < -0.3 is 4.74 Å². The van der Waals surface area contributed by atoms with Crippen molar-refractivity contribution in [1.82, 2.24) is 19.3 Å². The second kappa shape index (κ2) is 11.5. The van der Waals surface area contributed by atoms with Crippen molar-refractivity contribution in [2.75, 3.05) is 0 Å². The molecule has 0 aliphatic heterocycles. The number of rotatable bonds is 6. The van der Waals surface area contributed by atoms with Crippen LogP contribution in [0.5, 0.6) is 11.5 Å². The first-order chi connectivity index (χ1) is 22.9. The number of para-hydroxylation sites is 1. The zero-order chi connectivity index (χ0) is 32.0. The fourth-order valence-corrected chi connectivity index (χ4v) is 6.22. The Labute approximate surface area is 274 Å². The maximum atomic E-state index is 6.69. The Hall–Kier alpha value is -5.94. The van der Waals surface area contributed by atoms with Crippen LogP contribution < -0.4 is 4.74 Å². The van der Waals surface area contributed by atoms with Gasteiger partial charge in [-0.25, -0.2) is 9.67 Å². The van der Waals surface area contributed by atoms with E-state index in [0.29, 0.717) is 0 Å². The number of ether oxygens (including phenoxy) is 1. The molecule has 3 aromatic heterocycles. The largest absolute Gasteiger partial charge is 0.457 e. The van der Waals surface area contributed by atoms with E-state index < -0.39 is 0 Å². The molecule has 8 aromatic rings. The van der Waals surface area contributed by atoms with Gasteiger partial charge in [0.25, 0.3) is 0 Å². The maximum Gasteiger partial charge on any atom is 0.137 e. The minimum absolute atomic E-state index is 0.00261. The van der Waals surface area contributed by atoms with Gasteiger partial charge in [0.2, 0.25) is 0 Å². The first kappa shape index (κ1) is 28.5. The lowest BCUT2D eigenvalue weighted by molar-refractivity contribution is 0.483. The van der Waals surface area contributed by atoms with Crippen LogP contribution in [0.4, 0.5) is 0 Å². The summed E-state index contributed by atoms with van der Waals surface area (Å²) < 4.78 is 10.8. The van der Waals surface area contributed by atoms with Crippen molar-refractivity contribution in [3.63, 3.8) is 0 Å². The topological polar surface area (TPSA) is 44.9 Å². The highest BCUT2D eigenvalue weighted by atomic mass is 16.5. The standard InChI is InChI=1S/C42H34N4O/c1-42(2,3)33-20-21-43-41(24-33)46-39-17-11-10-16-37(39)38-19-18-35(26-40(38)46)47-36-23-31(29-12-6-4-7-13-29)22-34(25-36)45-28-32(27-44-45)30-14-8-5-9-15-30/h4-28H,1-3H3. The molecular formula is C42H34N4O. The van der Waals surface area contributed by atoms with Gasteiger partial charge in [-0.3, -0.25) is 4.57 Å². The molecule has 8 rings (SSSR count). The smallest absolute Gasteiger partial charge is 0.137 e. The van der Waals surface area contributed by atoms with E-state index in [2.05, 4.69) is 135 Å². The summed E-state index contributed by atoms with van der Waals surface area (Å²) in [4.78, 5) is 4.84. The van der Waals surface area contributed by atoms with Crippen LogP contribution in [0.1, 0.15) is 26.3 Å². The van der Waals surface area contributed by atoms with Crippen molar-refractivity contribution >= 4 is 21.8 Å². The molecule has 5 aromatic carbocycles. The molecule has 0 amide bonds. The molecule has 5 nitrogen and oxygen atoms in total. The van der Waals surface area contributed by atoms with E-state index in [1.807, 2.05) is 47.4 Å². The van der Waals surface area contributed by atoms with E-state index in [4.69, 9.17) is 14.8 Å². The maximum absolute atomic E-state index is 6.69. The van der Waals surface area contributed by atoms with Crippen LogP contribution >= 0.6 is 0 Å². The molecule has 0 radical (unpaired) electrons. The number of hydrogen-bond donors (Lipinski definition) is 0. The first-order valence-corrected chi connectivity index (χ1v) is 15.9. The van der Waals surface area contributed by atoms with Gasteiger partial charge in [0.1, 0.15) is 17.3 Å². The number of benzene rings is 5. The molecule has 0 spiro atoms. The summed E-state index contributed by atoms with van der Waals surface area (Å²) in [5.41, 5.74) is 8.65. The summed E-state index contributed by atoms with van der Waals surface area (Å²) >= 11 is 0. The SMILES string of the molecule is CC(C)(C)c1ccnc(-n2c3ccccc3c3ccc(Oc4cc(-c5ccccc5)cc(-n5cc(-c6ccccc6)cn5)c4)cc32)c1. The van der Waals surface area contributed by atoms with Gasteiger partial charge in [-0.05, 0) is 70.1 Å². The van der Waals surface area contributed by atoms with Crippen molar-refractivity contribution in [3.8, 4) is 45.3 Å². The van der Waals surface area contributed by atoms with E-state index in [1.54, 1.807) is 0 Å². The van der Waals surface area contributed by atoms with Gasteiger partial charge in [-0.1, -0.05) is 99.6 Å². The fourth-order valence-electron chi connectivity index (χ4n) is 6.22. The summed E-state index contributed by atoms with van der Waals surface area (Å²) in [6, 6.07) is 46.1. The number of fused-ring (bicyclic) bond motifs is 3. The molecule has 228 valence electrons. The molecule has 0 atom stereocenters. The van der Waals surface area contributed by atoms with Crippen LogP contribution in [0.25, 0.3) is 55.6 Å². The Bertz CT molecular complexity index is 2360. The first-order valence-electron chi connectivity index (χ1n) is 15.9. The van der Waals surface area contributed by atoms with Crippen molar-refractivity contribution in [2.24, 2.45) is 0 Å². The Morgan fingerprint density at radius 2 is 1.28 bits per heavy atom. The third-order valence-corrected chi connectivity index (χ3v) is 8.67. The quantitative estimate of drug-likeness (QED) is 0.188. The normalized spacial score (nSPS) is 11.7. The Kier molecular flexibility index (Phi) is 6.95. The zero-order valence-corrected chi connectivity index (χ0v) is 26.6. The number of pyridine rings is 1. The van der Waals surface area contributed by atoms with Crippen LogP contribution in [0.2, 0.25) is 0 Å². The summed E-state index contributed by atoms with van der Waals surface area (Å²) in [6.45, 7) is 6.69. The predicted octanol–water partition coefficient (Wildman–Crippen LogP) is 10.8. The summed E-state index contributed by atoms with van der Waals surface area (Å²) in [5, 5.41) is 7.06. The third kappa shape index (κ3) is 5.46. The van der Waals surface area contributed by atoms with Gasteiger partial charge in [0.15, 0.2) is 0 Å². The lowest BCUT2D eigenvalue weighted by Crippen LogP contribution is -2.12. The predicted molar refractivity (Wildman–Crippen MR) is 192 cm³/mol. The van der Waals surface area contributed by atoms with Crippen molar-refractivity contribution in [2.45, 2.75) is 26.2 Å². The van der Waals surface area contributed by atoms with Crippen LogP contribution in [-0.2, 0) is 5.41 Å². The number of nitrogens with zero attached hydrogens (tertiary/aromatic N) is 4. The van der Waals surface area contributed by atoms with Gasteiger partial charge in [-0.15, -0.1) is 0 Å². The molecule has 3 heterocycles. The highest BCUT2D eigenvalue weighted by Crippen LogP contribution is 2.37. The molecule has 0 bridgehead atoms. The van der Waals surface area contributed by atoms with Crippen LogP contribution in [0.15, 0.2) is 152 Å². The molecule has 0 aliphatic carbocycles. The molecule has 47 heavy (non-hydrogen) atoms. The van der Waals surface area contributed by atoms with E-state index in [1.165, 1.54) is 10.9 Å². The molecular weight excluding hydrogens is 576 g/mol. The van der Waals surface area contributed by atoms with Gasteiger partial charge in [0, 0.05) is 40.9 Å². The second-order valence-electron chi connectivity index (χ2n) is 12.9.